The zero-order valence-corrected chi connectivity index (χ0v) is 17.7. The van der Waals surface area contributed by atoms with Gasteiger partial charge < -0.3 is 4.74 Å². The molecule has 0 radical (unpaired) electrons. The summed E-state index contributed by atoms with van der Waals surface area (Å²) in [7, 11) is 0. The number of ketones is 1. The zero-order valence-electron chi connectivity index (χ0n) is 16.9. The van der Waals surface area contributed by atoms with E-state index >= 15 is 0 Å². The highest BCUT2D eigenvalue weighted by Gasteiger charge is 2.27. The quantitative estimate of drug-likeness (QED) is 0.483. The minimum Gasteiger partial charge on any atom is -0.450 e. The number of carbonyl (C=O) groups excluding carboxylic acids is 2. The summed E-state index contributed by atoms with van der Waals surface area (Å²) in [6.45, 7) is 7.74. The molecule has 4 rings (SSSR count). The third-order valence-electron chi connectivity index (χ3n) is 5.41. The van der Waals surface area contributed by atoms with Crippen molar-refractivity contribution in [3.05, 3.63) is 61.5 Å². The van der Waals surface area contributed by atoms with Crippen molar-refractivity contribution >= 4 is 33.3 Å². The van der Waals surface area contributed by atoms with Crippen LogP contribution < -0.4 is 5.56 Å². The minimum absolute atomic E-state index is 0.102. The lowest BCUT2D eigenvalue weighted by Crippen LogP contribution is -2.25. The van der Waals surface area contributed by atoms with Crippen molar-refractivity contribution in [1.82, 2.24) is 9.55 Å². The summed E-state index contributed by atoms with van der Waals surface area (Å²) in [6, 6.07) is 5.62. The van der Waals surface area contributed by atoms with Gasteiger partial charge in [-0.25, -0.2) is 9.78 Å². The third kappa shape index (κ3) is 3.29. The molecule has 1 atom stereocenters. The van der Waals surface area contributed by atoms with Gasteiger partial charge in [0.05, 0.1) is 5.39 Å². The van der Waals surface area contributed by atoms with Crippen LogP contribution in [0.4, 0.5) is 0 Å². The van der Waals surface area contributed by atoms with E-state index in [0.717, 1.165) is 41.1 Å². The Labute approximate surface area is 172 Å². The molecule has 1 aliphatic rings. The molecular weight excluding hydrogens is 388 g/mol. The fraction of sp³-hybridized carbons (Fsp3) is 0.364. The SMILES string of the molecule is Cc1ccc(C)c(C(=O)[C@H](C)OC(=O)c2sc3nc4n(c(=O)c3c2C)CCC4)c1. The average molecular weight is 410 g/mol. The van der Waals surface area contributed by atoms with Gasteiger partial charge >= 0.3 is 5.97 Å². The molecule has 0 bridgehead atoms. The molecule has 1 aliphatic heterocycles. The summed E-state index contributed by atoms with van der Waals surface area (Å²) in [5, 5.41) is 0.473. The normalized spacial score (nSPS) is 14.1. The van der Waals surface area contributed by atoms with Gasteiger partial charge in [-0.15, -0.1) is 11.3 Å². The molecule has 0 saturated heterocycles. The second-order valence-corrected chi connectivity index (χ2v) is 8.55. The Morgan fingerprint density at radius 2 is 2.00 bits per heavy atom. The van der Waals surface area contributed by atoms with Gasteiger partial charge in [-0.3, -0.25) is 14.2 Å². The smallest absolute Gasteiger partial charge is 0.349 e. The second-order valence-electron chi connectivity index (χ2n) is 7.55. The van der Waals surface area contributed by atoms with Crippen LogP contribution >= 0.6 is 11.3 Å². The number of carbonyl (C=O) groups is 2. The Balaban J connectivity index is 1.63. The van der Waals surface area contributed by atoms with E-state index in [9.17, 15) is 14.4 Å². The maximum atomic E-state index is 12.8. The van der Waals surface area contributed by atoms with Crippen LogP contribution in [0.25, 0.3) is 10.2 Å². The largest absolute Gasteiger partial charge is 0.450 e. The highest BCUT2D eigenvalue weighted by atomic mass is 32.1. The maximum Gasteiger partial charge on any atom is 0.349 e. The van der Waals surface area contributed by atoms with Crippen LogP contribution in [0.5, 0.6) is 0 Å². The number of nitrogens with zero attached hydrogens (tertiary/aromatic N) is 2. The Hall–Kier alpha value is -2.80. The van der Waals surface area contributed by atoms with Crippen molar-refractivity contribution < 1.29 is 14.3 Å². The lowest BCUT2D eigenvalue weighted by atomic mass is 9.99. The molecule has 0 N–H and O–H groups in total. The van der Waals surface area contributed by atoms with E-state index in [2.05, 4.69) is 4.98 Å². The number of fused-ring (bicyclic) bond motifs is 2. The standard InChI is InChI=1S/C22H22N2O4S/c1-11-7-8-12(2)15(10-11)18(25)14(4)28-22(27)19-13(3)17-20(29-19)23-16-6-5-9-24(16)21(17)26/h7-8,10,14H,5-6,9H2,1-4H3/t14-/m0/s1. The van der Waals surface area contributed by atoms with E-state index in [0.29, 0.717) is 32.8 Å². The predicted molar refractivity (Wildman–Crippen MR) is 112 cm³/mol. The van der Waals surface area contributed by atoms with Gasteiger partial charge in [-0.2, -0.15) is 0 Å². The molecule has 1 aromatic carbocycles. The lowest BCUT2D eigenvalue weighted by Gasteiger charge is -2.14. The van der Waals surface area contributed by atoms with Crippen molar-refractivity contribution in [3.63, 3.8) is 0 Å². The molecule has 150 valence electrons. The third-order valence-corrected chi connectivity index (χ3v) is 6.57. The molecule has 0 spiro atoms. The number of hydrogen-bond donors (Lipinski definition) is 0. The zero-order chi connectivity index (χ0) is 20.9. The number of thiophene rings is 1. The van der Waals surface area contributed by atoms with Gasteiger partial charge in [0.2, 0.25) is 5.78 Å². The Bertz CT molecular complexity index is 1220. The fourth-order valence-electron chi connectivity index (χ4n) is 3.76. The maximum absolute atomic E-state index is 12.8. The summed E-state index contributed by atoms with van der Waals surface area (Å²) in [6.07, 6.45) is 0.751. The molecule has 0 aliphatic carbocycles. The summed E-state index contributed by atoms with van der Waals surface area (Å²) < 4.78 is 7.17. The van der Waals surface area contributed by atoms with E-state index in [-0.39, 0.29) is 11.3 Å². The predicted octanol–water partition coefficient (Wildman–Crippen LogP) is 3.76. The Morgan fingerprint density at radius 1 is 1.24 bits per heavy atom. The molecule has 0 saturated carbocycles. The van der Waals surface area contributed by atoms with Crippen LogP contribution in [-0.2, 0) is 17.7 Å². The van der Waals surface area contributed by atoms with Crippen molar-refractivity contribution in [2.24, 2.45) is 0 Å². The van der Waals surface area contributed by atoms with Crippen LogP contribution in [0.15, 0.2) is 23.0 Å². The number of aromatic nitrogens is 2. The first-order valence-corrected chi connectivity index (χ1v) is 10.4. The average Bonchev–Trinajstić information content (AvgIpc) is 3.28. The fourth-order valence-corrected chi connectivity index (χ4v) is 4.83. The van der Waals surface area contributed by atoms with Gasteiger partial charge in [0.1, 0.15) is 15.5 Å². The van der Waals surface area contributed by atoms with E-state index in [1.807, 2.05) is 26.0 Å². The molecule has 7 heteroatoms. The van der Waals surface area contributed by atoms with Gasteiger partial charge in [-0.05, 0) is 51.3 Å². The van der Waals surface area contributed by atoms with Crippen LogP contribution in [0, 0.1) is 20.8 Å². The Kier molecular flexibility index (Phi) is 4.86. The lowest BCUT2D eigenvalue weighted by molar-refractivity contribution is 0.0322. The molecule has 3 heterocycles. The van der Waals surface area contributed by atoms with E-state index in [4.69, 9.17) is 4.74 Å². The molecule has 0 fully saturated rings. The molecule has 3 aromatic rings. The van der Waals surface area contributed by atoms with E-state index in [1.165, 1.54) is 0 Å². The van der Waals surface area contributed by atoms with Crippen LogP contribution in [0.3, 0.4) is 0 Å². The first-order valence-electron chi connectivity index (χ1n) is 9.63. The van der Waals surface area contributed by atoms with E-state index < -0.39 is 12.1 Å². The summed E-state index contributed by atoms with van der Waals surface area (Å²) in [5.74, 6) is -0.0705. The molecule has 6 nitrogen and oxygen atoms in total. The van der Waals surface area contributed by atoms with Crippen LogP contribution in [0.2, 0.25) is 0 Å². The van der Waals surface area contributed by atoms with Crippen LogP contribution in [0.1, 0.15) is 55.9 Å². The first kappa shape index (κ1) is 19.5. The van der Waals surface area contributed by atoms with Gasteiger partial charge in [0, 0.05) is 18.5 Å². The molecule has 29 heavy (non-hydrogen) atoms. The topological polar surface area (TPSA) is 78.3 Å². The number of esters is 1. The highest BCUT2D eigenvalue weighted by molar-refractivity contribution is 7.20. The minimum atomic E-state index is -0.924. The number of benzene rings is 1. The highest BCUT2D eigenvalue weighted by Crippen LogP contribution is 2.29. The van der Waals surface area contributed by atoms with Crippen molar-refractivity contribution in [1.29, 1.82) is 0 Å². The first-order chi connectivity index (χ1) is 13.8. The van der Waals surface area contributed by atoms with Gasteiger partial charge in [0.25, 0.3) is 5.56 Å². The van der Waals surface area contributed by atoms with Crippen molar-refractivity contribution in [2.45, 2.75) is 53.2 Å². The van der Waals surface area contributed by atoms with Gasteiger partial charge in [0.15, 0.2) is 6.10 Å². The molecule has 0 unspecified atom stereocenters. The second kappa shape index (κ2) is 7.22. The summed E-state index contributed by atoms with van der Waals surface area (Å²) in [5.41, 5.74) is 2.83. The number of hydrogen-bond acceptors (Lipinski definition) is 6. The van der Waals surface area contributed by atoms with Crippen molar-refractivity contribution in [3.8, 4) is 0 Å². The molecule has 2 aromatic heterocycles. The van der Waals surface area contributed by atoms with E-state index in [1.54, 1.807) is 24.5 Å². The van der Waals surface area contributed by atoms with Gasteiger partial charge in [-0.1, -0.05) is 17.7 Å². The summed E-state index contributed by atoms with van der Waals surface area (Å²) >= 11 is 1.16. The number of ether oxygens (including phenoxy) is 1. The number of rotatable bonds is 4. The monoisotopic (exact) mass is 410 g/mol. The molecular formula is C22H22N2O4S. The summed E-state index contributed by atoms with van der Waals surface area (Å²) in [4.78, 5) is 43.8. The van der Waals surface area contributed by atoms with Crippen LogP contribution in [-0.4, -0.2) is 27.4 Å². The number of Topliss-reactive ketones (excluding diaryl/α,β-unsaturated/α-hetero) is 1. The molecule has 0 amide bonds. The van der Waals surface area contributed by atoms with Crippen molar-refractivity contribution in [2.75, 3.05) is 0 Å². The number of aryl methyl sites for hydroxylation is 4. The Morgan fingerprint density at radius 3 is 2.76 bits per heavy atom.